The summed E-state index contributed by atoms with van der Waals surface area (Å²) >= 11 is 0. The molecule has 0 bridgehead atoms. The zero-order valence-electron chi connectivity index (χ0n) is 9.07. The Morgan fingerprint density at radius 1 is 1.47 bits per heavy atom. The summed E-state index contributed by atoms with van der Waals surface area (Å²) in [5, 5.41) is 2.55. The van der Waals surface area contributed by atoms with Crippen molar-refractivity contribution in [2.24, 2.45) is 0 Å². The quantitative estimate of drug-likeness (QED) is 0.822. The fourth-order valence-electron chi connectivity index (χ4n) is 1.17. The Hall–Kier alpha value is -1.51. The van der Waals surface area contributed by atoms with Gasteiger partial charge in [0.2, 0.25) is 0 Å². The summed E-state index contributed by atoms with van der Waals surface area (Å²) in [7, 11) is 0. The molecule has 3 nitrogen and oxygen atoms in total. The monoisotopic (exact) mass is 206 g/mol. The smallest absolute Gasteiger partial charge is 0.408 e. The molecule has 0 aliphatic heterocycles. The van der Waals surface area contributed by atoms with Crippen molar-refractivity contribution in [3.05, 3.63) is 42.4 Å². The van der Waals surface area contributed by atoms with Crippen molar-refractivity contribution in [1.29, 1.82) is 0 Å². The molecule has 0 saturated heterocycles. The van der Waals surface area contributed by atoms with Crippen molar-refractivity contribution >= 4 is 6.09 Å². The number of hydrogen-bond donors (Lipinski definition) is 1. The van der Waals surface area contributed by atoms with Crippen molar-refractivity contribution in [3.8, 4) is 0 Å². The molecule has 1 radical (unpaired) electrons. The molecular formula is C12H16NO2. The van der Waals surface area contributed by atoms with Gasteiger partial charge in [-0.3, -0.25) is 0 Å². The maximum absolute atomic E-state index is 11.2. The van der Waals surface area contributed by atoms with Gasteiger partial charge < -0.3 is 10.1 Å². The predicted molar refractivity (Wildman–Crippen MR) is 59.1 cm³/mol. The minimum absolute atomic E-state index is 0.226. The minimum Gasteiger partial charge on any atom is -0.442 e. The molecule has 1 N–H and O–H groups in total. The number of hydrogen-bond acceptors (Lipinski definition) is 2. The lowest BCUT2D eigenvalue weighted by Gasteiger charge is -2.13. The van der Waals surface area contributed by atoms with Crippen molar-refractivity contribution < 1.29 is 9.53 Å². The summed E-state index contributed by atoms with van der Waals surface area (Å²) in [5.41, 5.74) is 0.990. The molecular weight excluding hydrogens is 190 g/mol. The molecule has 0 heterocycles. The SMILES string of the molecule is CC[CH]NC(=O)OC(C)c1ccccc1. The zero-order valence-corrected chi connectivity index (χ0v) is 9.07. The first kappa shape index (κ1) is 11.6. The van der Waals surface area contributed by atoms with Crippen molar-refractivity contribution in [2.45, 2.75) is 26.4 Å². The van der Waals surface area contributed by atoms with Gasteiger partial charge >= 0.3 is 6.09 Å². The van der Waals surface area contributed by atoms with Gasteiger partial charge in [-0.1, -0.05) is 37.3 Å². The zero-order chi connectivity index (χ0) is 11.1. The Bertz CT molecular complexity index is 298. The molecule has 1 aromatic carbocycles. The maximum Gasteiger partial charge on any atom is 0.408 e. The summed E-state index contributed by atoms with van der Waals surface area (Å²) in [6.07, 6.45) is 0.152. The molecule has 3 heteroatoms. The van der Waals surface area contributed by atoms with Gasteiger partial charge in [0.1, 0.15) is 6.10 Å². The van der Waals surface area contributed by atoms with Gasteiger partial charge in [0.25, 0.3) is 0 Å². The molecule has 1 unspecified atom stereocenters. The lowest BCUT2D eigenvalue weighted by molar-refractivity contribution is 0.109. The van der Waals surface area contributed by atoms with Crippen LogP contribution in [-0.4, -0.2) is 6.09 Å². The topological polar surface area (TPSA) is 38.3 Å². The molecule has 0 aromatic heterocycles. The van der Waals surface area contributed by atoms with Crippen LogP contribution in [0, 0.1) is 6.54 Å². The molecule has 1 amide bonds. The van der Waals surface area contributed by atoms with E-state index in [0.717, 1.165) is 12.0 Å². The lowest BCUT2D eigenvalue weighted by atomic mass is 10.1. The Morgan fingerprint density at radius 3 is 2.73 bits per heavy atom. The number of rotatable bonds is 4. The van der Waals surface area contributed by atoms with Gasteiger partial charge in [-0.05, 0) is 18.9 Å². The van der Waals surface area contributed by atoms with Crippen LogP contribution < -0.4 is 5.32 Å². The minimum atomic E-state index is -0.409. The number of carbonyl (C=O) groups excluding carboxylic acids is 1. The van der Waals surface area contributed by atoms with Gasteiger partial charge in [-0.2, -0.15) is 0 Å². The van der Waals surface area contributed by atoms with Crippen LogP contribution in [0.4, 0.5) is 4.79 Å². The second-order valence-electron chi connectivity index (χ2n) is 3.21. The van der Waals surface area contributed by atoms with Crippen LogP contribution in [0.25, 0.3) is 0 Å². The normalized spacial score (nSPS) is 11.9. The van der Waals surface area contributed by atoms with Crippen LogP contribution in [0.5, 0.6) is 0 Å². The van der Waals surface area contributed by atoms with E-state index in [9.17, 15) is 4.79 Å². The fraction of sp³-hybridized carbons (Fsp3) is 0.333. The number of carbonyl (C=O) groups is 1. The van der Waals surface area contributed by atoms with E-state index in [1.807, 2.05) is 44.2 Å². The number of benzene rings is 1. The third kappa shape index (κ3) is 4.02. The largest absolute Gasteiger partial charge is 0.442 e. The Kier molecular flexibility index (Phi) is 4.68. The number of nitrogens with one attached hydrogen (secondary N) is 1. The molecule has 1 aromatic rings. The van der Waals surface area contributed by atoms with Gasteiger partial charge in [0.15, 0.2) is 0 Å². The maximum atomic E-state index is 11.2. The first-order valence-corrected chi connectivity index (χ1v) is 5.07. The predicted octanol–water partition coefficient (Wildman–Crippen LogP) is 3.05. The molecule has 15 heavy (non-hydrogen) atoms. The second kappa shape index (κ2) is 6.06. The lowest BCUT2D eigenvalue weighted by Crippen LogP contribution is -2.22. The van der Waals surface area contributed by atoms with Crippen LogP contribution in [0.1, 0.15) is 31.9 Å². The van der Waals surface area contributed by atoms with E-state index in [4.69, 9.17) is 4.74 Å². The Morgan fingerprint density at radius 2 is 2.13 bits per heavy atom. The molecule has 0 aliphatic rings. The van der Waals surface area contributed by atoms with Crippen molar-refractivity contribution in [1.82, 2.24) is 5.32 Å². The van der Waals surface area contributed by atoms with E-state index in [1.165, 1.54) is 0 Å². The van der Waals surface area contributed by atoms with Crippen LogP contribution in [0.3, 0.4) is 0 Å². The highest BCUT2D eigenvalue weighted by molar-refractivity contribution is 5.68. The van der Waals surface area contributed by atoms with E-state index >= 15 is 0 Å². The molecule has 0 aliphatic carbocycles. The summed E-state index contributed by atoms with van der Waals surface area (Å²) in [6.45, 7) is 5.46. The Balaban J connectivity index is 2.42. The average Bonchev–Trinajstić information content (AvgIpc) is 2.27. The van der Waals surface area contributed by atoms with E-state index in [0.29, 0.717) is 0 Å². The van der Waals surface area contributed by atoms with E-state index < -0.39 is 6.09 Å². The molecule has 0 fully saturated rings. The first-order chi connectivity index (χ1) is 7.24. The second-order valence-corrected chi connectivity index (χ2v) is 3.21. The third-order valence-electron chi connectivity index (χ3n) is 1.98. The molecule has 81 valence electrons. The molecule has 0 saturated carbocycles. The average molecular weight is 206 g/mol. The molecule has 0 spiro atoms. The Labute approximate surface area is 90.4 Å². The van der Waals surface area contributed by atoms with Crippen molar-refractivity contribution in [3.63, 3.8) is 0 Å². The van der Waals surface area contributed by atoms with Gasteiger partial charge in [0.05, 0.1) is 6.54 Å². The highest BCUT2D eigenvalue weighted by Gasteiger charge is 2.09. The summed E-state index contributed by atoms with van der Waals surface area (Å²) in [6, 6.07) is 9.64. The molecule has 1 rings (SSSR count). The number of ether oxygens (including phenoxy) is 1. The fourth-order valence-corrected chi connectivity index (χ4v) is 1.17. The third-order valence-corrected chi connectivity index (χ3v) is 1.98. The number of amides is 1. The van der Waals surface area contributed by atoms with Gasteiger partial charge in [0, 0.05) is 0 Å². The van der Waals surface area contributed by atoms with Crippen molar-refractivity contribution in [2.75, 3.05) is 0 Å². The standard InChI is InChI=1S/C12H16NO2/c1-3-9-13-12(14)15-10(2)11-7-5-4-6-8-11/h4-10H,3H2,1-2H3,(H,13,14). The highest BCUT2D eigenvalue weighted by atomic mass is 16.6. The van der Waals surface area contributed by atoms with Crippen LogP contribution in [0.15, 0.2) is 30.3 Å². The van der Waals surface area contributed by atoms with E-state index in [-0.39, 0.29) is 6.10 Å². The summed E-state index contributed by atoms with van der Waals surface area (Å²) in [4.78, 5) is 11.2. The van der Waals surface area contributed by atoms with Crippen LogP contribution >= 0.6 is 0 Å². The summed E-state index contributed by atoms with van der Waals surface area (Å²) < 4.78 is 5.16. The summed E-state index contributed by atoms with van der Waals surface area (Å²) in [5.74, 6) is 0. The van der Waals surface area contributed by atoms with E-state index in [1.54, 1.807) is 6.54 Å². The van der Waals surface area contributed by atoms with Gasteiger partial charge in [-0.15, -0.1) is 0 Å². The number of alkyl carbamates (subject to hydrolysis) is 1. The van der Waals surface area contributed by atoms with E-state index in [2.05, 4.69) is 5.32 Å². The van der Waals surface area contributed by atoms with Crippen LogP contribution in [0.2, 0.25) is 0 Å². The molecule has 1 atom stereocenters. The van der Waals surface area contributed by atoms with Gasteiger partial charge in [-0.25, -0.2) is 4.79 Å². The highest BCUT2D eigenvalue weighted by Crippen LogP contribution is 2.15. The van der Waals surface area contributed by atoms with Crippen LogP contribution in [-0.2, 0) is 4.74 Å². The first-order valence-electron chi connectivity index (χ1n) is 5.07.